The number of ether oxygens (including phenoxy) is 2. The lowest BCUT2D eigenvalue weighted by atomic mass is 10.0. The van der Waals surface area contributed by atoms with Crippen molar-refractivity contribution in [3.8, 4) is 5.75 Å². The molecule has 0 aromatic heterocycles. The lowest BCUT2D eigenvalue weighted by Gasteiger charge is -2.37. The highest BCUT2D eigenvalue weighted by atomic mass is 16.7. The van der Waals surface area contributed by atoms with Gasteiger partial charge in [0.2, 0.25) is 0 Å². The molecule has 6 heteroatoms. The molecule has 1 fully saturated rings. The number of hydrogen-bond donors (Lipinski definition) is 0. The van der Waals surface area contributed by atoms with Gasteiger partial charge in [-0.2, -0.15) is 0 Å². The Morgan fingerprint density at radius 3 is 2.73 bits per heavy atom. The molecule has 0 spiro atoms. The van der Waals surface area contributed by atoms with E-state index < -0.39 is 0 Å². The topological polar surface area (TPSA) is 61.6 Å². The third-order valence-corrected chi connectivity index (χ3v) is 4.87. The van der Waals surface area contributed by atoms with E-state index in [9.17, 15) is 10.1 Å². The van der Waals surface area contributed by atoms with Crippen molar-refractivity contribution in [1.29, 1.82) is 0 Å². The van der Waals surface area contributed by atoms with Crippen LogP contribution in [-0.2, 0) is 17.9 Å². The standard InChI is InChI=1S/C16H23N2O4/c1-18(2,15-5-3-4-6-15)9-12-7-14(17(19)20)8-13-10-21-11-22-16(12)13/h7-8,15H,3-6,9-11H2,1-2H3/q+1. The maximum atomic E-state index is 11.2. The van der Waals surface area contributed by atoms with E-state index in [2.05, 4.69) is 14.1 Å². The molecule has 2 aliphatic rings. The lowest BCUT2D eigenvalue weighted by molar-refractivity contribution is -0.927. The fourth-order valence-corrected chi connectivity index (χ4v) is 3.68. The SMILES string of the molecule is C[N+](C)(Cc1cc([N+](=O)[O-])cc2c1OCOC2)C1CCCC1. The van der Waals surface area contributed by atoms with Crippen LogP contribution in [0.5, 0.6) is 5.75 Å². The normalized spacial score (nSPS) is 18.8. The zero-order valence-corrected chi connectivity index (χ0v) is 13.2. The van der Waals surface area contributed by atoms with Crippen LogP contribution < -0.4 is 4.74 Å². The highest BCUT2D eigenvalue weighted by Gasteiger charge is 2.33. The van der Waals surface area contributed by atoms with Crippen LogP contribution in [0, 0.1) is 10.1 Å². The van der Waals surface area contributed by atoms with Gasteiger partial charge in [-0.25, -0.2) is 0 Å². The van der Waals surface area contributed by atoms with Gasteiger partial charge in [0.1, 0.15) is 12.3 Å². The molecule has 0 N–H and O–H groups in total. The molecule has 0 unspecified atom stereocenters. The van der Waals surface area contributed by atoms with Gasteiger partial charge in [0.05, 0.1) is 37.2 Å². The Bertz CT molecular complexity index is 580. The Labute approximate surface area is 130 Å². The summed E-state index contributed by atoms with van der Waals surface area (Å²) >= 11 is 0. The fourth-order valence-electron chi connectivity index (χ4n) is 3.68. The number of benzene rings is 1. The van der Waals surface area contributed by atoms with Gasteiger partial charge in [0.25, 0.3) is 5.69 Å². The van der Waals surface area contributed by atoms with E-state index >= 15 is 0 Å². The van der Waals surface area contributed by atoms with Gasteiger partial charge in [-0.1, -0.05) is 0 Å². The molecule has 6 nitrogen and oxygen atoms in total. The van der Waals surface area contributed by atoms with E-state index in [1.54, 1.807) is 12.1 Å². The Morgan fingerprint density at radius 2 is 2.05 bits per heavy atom. The van der Waals surface area contributed by atoms with Crippen molar-refractivity contribution in [3.63, 3.8) is 0 Å². The number of nitrogens with zero attached hydrogens (tertiary/aromatic N) is 2. The van der Waals surface area contributed by atoms with Crippen LogP contribution in [0.1, 0.15) is 36.8 Å². The van der Waals surface area contributed by atoms with Gasteiger partial charge in [0, 0.05) is 17.7 Å². The summed E-state index contributed by atoms with van der Waals surface area (Å²) < 4.78 is 11.8. The second-order valence-corrected chi connectivity index (χ2v) is 6.84. The van der Waals surface area contributed by atoms with E-state index in [1.807, 2.05) is 0 Å². The molecule has 3 rings (SSSR count). The van der Waals surface area contributed by atoms with Gasteiger partial charge >= 0.3 is 0 Å². The summed E-state index contributed by atoms with van der Waals surface area (Å²) in [4.78, 5) is 10.8. The van der Waals surface area contributed by atoms with Crippen molar-refractivity contribution < 1.29 is 18.9 Å². The summed E-state index contributed by atoms with van der Waals surface area (Å²) in [5.74, 6) is 0.779. The van der Waals surface area contributed by atoms with Crippen LogP contribution in [0.15, 0.2) is 12.1 Å². The van der Waals surface area contributed by atoms with Crippen LogP contribution in [0.25, 0.3) is 0 Å². The highest BCUT2D eigenvalue weighted by Crippen LogP contribution is 2.36. The minimum Gasteiger partial charge on any atom is -0.467 e. The molecule has 22 heavy (non-hydrogen) atoms. The van der Waals surface area contributed by atoms with Crippen molar-refractivity contribution in [2.75, 3.05) is 20.9 Å². The third kappa shape index (κ3) is 2.94. The van der Waals surface area contributed by atoms with Crippen molar-refractivity contribution in [2.24, 2.45) is 0 Å². The monoisotopic (exact) mass is 307 g/mol. The molecular formula is C16H23N2O4+. The van der Waals surface area contributed by atoms with Crippen molar-refractivity contribution >= 4 is 5.69 Å². The van der Waals surface area contributed by atoms with E-state index in [0.717, 1.165) is 27.9 Å². The zero-order chi connectivity index (χ0) is 15.7. The van der Waals surface area contributed by atoms with Crippen LogP contribution in [0.3, 0.4) is 0 Å². The summed E-state index contributed by atoms with van der Waals surface area (Å²) in [5.41, 5.74) is 1.82. The summed E-state index contributed by atoms with van der Waals surface area (Å²) in [6.45, 7) is 1.34. The molecule has 1 aromatic carbocycles. The molecule has 0 bridgehead atoms. The number of non-ortho nitro benzene ring substituents is 1. The molecular weight excluding hydrogens is 284 g/mol. The summed E-state index contributed by atoms with van der Waals surface area (Å²) in [7, 11) is 4.42. The zero-order valence-electron chi connectivity index (χ0n) is 13.2. The first-order chi connectivity index (χ1) is 10.5. The maximum Gasteiger partial charge on any atom is 0.270 e. The highest BCUT2D eigenvalue weighted by molar-refractivity contribution is 5.50. The first-order valence-electron chi connectivity index (χ1n) is 7.81. The van der Waals surface area contributed by atoms with Crippen LogP contribution in [0.2, 0.25) is 0 Å². The molecule has 1 aliphatic heterocycles. The molecule has 0 saturated heterocycles. The van der Waals surface area contributed by atoms with Gasteiger partial charge in [-0.05, 0) is 25.7 Å². The van der Waals surface area contributed by atoms with E-state index in [0.29, 0.717) is 12.6 Å². The smallest absolute Gasteiger partial charge is 0.270 e. The minimum absolute atomic E-state index is 0.120. The van der Waals surface area contributed by atoms with Gasteiger partial charge in [0.15, 0.2) is 6.79 Å². The first kappa shape index (κ1) is 15.2. The number of fused-ring (bicyclic) bond motifs is 1. The average Bonchev–Trinajstić information content (AvgIpc) is 3.02. The number of rotatable bonds is 4. The van der Waals surface area contributed by atoms with Crippen LogP contribution in [0.4, 0.5) is 5.69 Å². The van der Waals surface area contributed by atoms with Crippen molar-refractivity contribution in [2.45, 2.75) is 44.9 Å². The first-order valence-corrected chi connectivity index (χ1v) is 7.81. The minimum atomic E-state index is -0.339. The molecule has 0 radical (unpaired) electrons. The molecule has 1 saturated carbocycles. The molecule has 1 aromatic rings. The quantitative estimate of drug-likeness (QED) is 0.487. The molecule has 1 heterocycles. The van der Waals surface area contributed by atoms with Gasteiger partial charge in [-0.15, -0.1) is 0 Å². The molecule has 0 amide bonds. The second-order valence-electron chi connectivity index (χ2n) is 6.84. The summed E-state index contributed by atoms with van der Waals surface area (Å²) in [6, 6.07) is 3.85. The average molecular weight is 307 g/mol. The third-order valence-electron chi connectivity index (χ3n) is 4.87. The fraction of sp³-hybridized carbons (Fsp3) is 0.625. The van der Waals surface area contributed by atoms with Crippen LogP contribution >= 0.6 is 0 Å². The van der Waals surface area contributed by atoms with Gasteiger partial charge in [-0.3, -0.25) is 10.1 Å². The number of hydrogen-bond acceptors (Lipinski definition) is 4. The number of nitro groups is 1. The molecule has 0 atom stereocenters. The largest absolute Gasteiger partial charge is 0.467 e. The summed E-state index contributed by atoms with van der Waals surface area (Å²) in [5, 5.41) is 11.2. The predicted molar refractivity (Wildman–Crippen MR) is 81.4 cm³/mol. The molecule has 120 valence electrons. The van der Waals surface area contributed by atoms with E-state index in [4.69, 9.17) is 9.47 Å². The Morgan fingerprint density at radius 1 is 1.32 bits per heavy atom. The number of nitro benzene ring substituents is 1. The Balaban J connectivity index is 1.94. The second kappa shape index (κ2) is 5.85. The summed E-state index contributed by atoms with van der Waals surface area (Å²) in [6.07, 6.45) is 5.02. The van der Waals surface area contributed by atoms with Crippen LogP contribution in [-0.4, -0.2) is 36.3 Å². The van der Waals surface area contributed by atoms with E-state index in [-0.39, 0.29) is 17.4 Å². The maximum absolute atomic E-state index is 11.2. The Kier molecular flexibility index (Phi) is 4.06. The predicted octanol–water partition coefficient (Wildman–Crippen LogP) is 2.98. The number of quaternary nitrogens is 1. The van der Waals surface area contributed by atoms with Gasteiger partial charge < -0.3 is 14.0 Å². The molecule has 1 aliphatic carbocycles. The van der Waals surface area contributed by atoms with E-state index in [1.165, 1.54) is 25.7 Å². The van der Waals surface area contributed by atoms with Crippen molar-refractivity contribution in [1.82, 2.24) is 0 Å². The van der Waals surface area contributed by atoms with Crippen molar-refractivity contribution in [3.05, 3.63) is 33.4 Å². The Hall–Kier alpha value is -1.66. The lowest BCUT2D eigenvalue weighted by Crippen LogP contribution is -2.46.